The number of amides is 1. The van der Waals surface area contributed by atoms with E-state index in [-0.39, 0.29) is 12.4 Å². The molecule has 8 nitrogen and oxygen atoms in total. The Bertz CT molecular complexity index is 1030. The van der Waals surface area contributed by atoms with Gasteiger partial charge in [0.05, 0.1) is 0 Å². The van der Waals surface area contributed by atoms with Gasteiger partial charge in [-0.05, 0) is 43.7 Å². The highest BCUT2D eigenvalue weighted by Gasteiger charge is 2.23. The van der Waals surface area contributed by atoms with Gasteiger partial charge in [-0.2, -0.15) is 0 Å². The molecule has 0 unspecified atom stereocenters. The molecule has 1 amide bonds. The number of carbonyl (C=O) groups is 1. The van der Waals surface area contributed by atoms with Gasteiger partial charge in [0.25, 0.3) is 5.56 Å². The lowest BCUT2D eigenvalue weighted by Crippen LogP contribution is -2.46. The number of rotatable bonds is 5. The van der Waals surface area contributed by atoms with Crippen LogP contribution >= 0.6 is 0 Å². The number of anilines is 3. The topological polar surface area (TPSA) is 102 Å². The van der Waals surface area contributed by atoms with Crippen LogP contribution in [0.4, 0.5) is 17.2 Å². The fourth-order valence-corrected chi connectivity index (χ4v) is 3.85. The summed E-state index contributed by atoms with van der Waals surface area (Å²) in [5, 5.41) is 2.87. The number of benzene rings is 1. The molecule has 2 aromatic rings. The molecular weight excluding hydrogens is 370 g/mol. The summed E-state index contributed by atoms with van der Waals surface area (Å²) >= 11 is 0. The predicted octanol–water partition coefficient (Wildman–Crippen LogP) is 1.63. The standard InChI is InChI=1S/C21H29N5O3/c1-4-15-10-8-9-14(2)17(15)23-16(27)13-26-20(28)18(19(22)24(3)21(26)29)25-11-6-5-7-12-25/h8-10H,4-7,11-13,22H2,1-3H3,(H,23,27). The highest BCUT2D eigenvalue weighted by Crippen LogP contribution is 2.22. The number of carbonyl (C=O) groups excluding carboxylic acids is 1. The highest BCUT2D eigenvalue weighted by molar-refractivity contribution is 5.92. The van der Waals surface area contributed by atoms with Crippen LogP contribution < -0.4 is 27.2 Å². The van der Waals surface area contributed by atoms with E-state index < -0.39 is 17.2 Å². The molecule has 29 heavy (non-hydrogen) atoms. The number of nitrogen functional groups attached to an aromatic ring is 1. The second-order valence-electron chi connectivity index (χ2n) is 7.53. The fourth-order valence-electron chi connectivity index (χ4n) is 3.85. The highest BCUT2D eigenvalue weighted by atomic mass is 16.2. The first-order chi connectivity index (χ1) is 13.8. The summed E-state index contributed by atoms with van der Waals surface area (Å²) in [5.41, 5.74) is 7.98. The molecule has 0 atom stereocenters. The van der Waals surface area contributed by atoms with Gasteiger partial charge in [-0.3, -0.25) is 14.2 Å². The normalized spacial score (nSPS) is 14.1. The Hall–Kier alpha value is -3.03. The van der Waals surface area contributed by atoms with Gasteiger partial charge in [0.2, 0.25) is 5.91 Å². The summed E-state index contributed by atoms with van der Waals surface area (Å²) in [4.78, 5) is 40.4. The van der Waals surface area contributed by atoms with Crippen LogP contribution in [0.2, 0.25) is 0 Å². The fraction of sp³-hybridized carbons (Fsp3) is 0.476. The summed E-state index contributed by atoms with van der Waals surface area (Å²) in [6.07, 6.45) is 3.81. The summed E-state index contributed by atoms with van der Waals surface area (Å²) in [5.74, 6) is -0.270. The van der Waals surface area contributed by atoms with Crippen LogP contribution in [0.3, 0.4) is 0 Å². The molecule has 0 saturated carbocycles. The molecule has 0 bridgehead atoms. The van der Waals surface area contributed by atoms with Crippen molar-refractivity contribution in [3.8, 4) is 0 Å². The van der Waals surface area contributed by atoms with Gasteiger partial charge >= 0.3 is 5.69 Å². The minimum Gasteiger partial charge on any atom is -0.383 e. The number of hydrogen-bond acceptors (Lipinski definition) is 5. The Morgan fingerprint density at radius 3 is 2.52 bits per heavy atom. The first kappa shape index (κ1) is 20.7. The molecule has 3 N–H and O–H groups in total. The van der Waals surface area contributed by atoms with Crippen molar-refractivity contribution in [2.75, 3.05) is 29.0 Å². The van der Waals surface area contributed by atoms with E-state index in [9.17, 15) is 14.4 Å². The van der Waals surface area contributed by atoms with Gasteiger partial charge in [0, 0.05) is 25.8 Å². The second-order valence-corrected chi connectivity index (χ2v) is 7.53. The number of nitrogens with zero attached hydrogens (tertiary/aromatic N) is 3. The van der Waals surface area contributed by atoms with Crippen molar-refractivity contribution in [3.63, 3.8) is 0 Å². The van der Waals surface area contributed by atoms with Crippen LogP contribution in [0.25, 0.3) is 0 Å². The first-order valence-electron chi connectivity index (χ1n) is 10.1. The zero-order valence-electron chi connectivity index (χ0n) is 17.3. The zero-order valence-corrected chi connectivity index (χ0v) is 17.3. The van der Waals surface area contributed by atoms with Crippen LogP contribution in [-0.2, 0) is 24.8 Å². The second kappa shape index (κ2) is 8.55. The van der Waals surface area contributed by atoms with Crippen molar-refractivity contribution in [3.05, 3.63) is 50.2 Å². The maximum Gasteiger partial charge on any atom is 0.332 e. The number of nitrogens with one attached hydrogen (secondary N) is 1. The summed E-state index contributed by atoms with van der Waals surface area (Å²) in [7, 11) is 1.52. The SMILES string of the molecule is CCc1cccc(C)c1NC(=O)Cn1c(=O)c(N2CCCCC2)c(N)n(C)c1=O. The molecule has 1 aliphatic heterocycles. The first-order valence-corrected chi connectivity index (χ1v) is 10.1. The number of para-hydroxylation sites is 1. The lowest BCUT2D eigenvalue weighted by molar-refractivity contribution is -0.116. The van der Waals surface area contributed by atoms with Crippen molar-refractivity contribution in [2.45, 2.75) is 46.1 Å². The molecule has 1 aliphatic rings. The molecule has 156 valence electrons. The van der Waals surface area contributed by atoms with E-state index in [1.165, 1.54) is 11.6 Å². The van der Waals surface area contributed by atoms with Gasteiger partial charge in [-0.1, -0.05) is 25.1 Å². The number of nitrogens with two attached hydrogens (primary N) is 1. The Morgan fingerprint density at radius 1 is 1.17 bits per heavy atom. The predicted molar refractivity (Wildman–Crippen MR) is 116 cm³/mol. The van der Waals surface area contributed by atoms with E-state index >= 15 is 0 Å². The van der Waals surface area contributed by atoms with E-state index in [4.69, 9.17) is 5.73 Å². The van der Waals surface area contributed by atoms with Crippen molar-refractivity contribution >= 4 is 23.1 Å². The van der Waals surface area contributed by atoms with Crippen molar-refractivity contribution in [1.29, 1.82) is 0 Å². The van der Waals surface area contributed by atoms with Crippen molar-refractivity contribution < 1.29 is 4.79 Å². The van der Waals surface area contributed by atoms with Crippen LogP contribution in [0.15, 0.2) is 27.8 Å². The van der Waals surface area contributed by atoms with Crippen LogP contribution in [0, 0.1) is 6.92 Å². The number of piperidine rings is 1. The number of hydrogen-bond donors (Lipinski definition) is 2. The van der Waals surface area contributed by atoms with E-state index in [1.54, 1.807) is 0 Å². The summed E-state index contributed by atoms with van der Waals surface area (Å²) in [6, 6.07) is 5.80. The molecule has 8 heteroatoms. The zero-order chi connectivity index (χ0) is 21.1. The molecule has 0 aliphatic carbocycles. The van der Waals surface area contributed by atoms with Crippen molar-refractivity contribution in [1.82, 2.24) is 9.13 Å². The average molecular weight is 399 g/mol. The Labute approximate surface area is 169 Å². The Balaban J connectivity index is 1.95. The lowest BCUT2D eigenvalue weighted by atomic mass is 10.1. The third kappa shape index (κ3) is 4.06. The van der Waals surface area contributed by atoms with Gasteiger partial charge in [0.15, 0.2) is 0 Å². The van der Waals surface area contributed by atoms with E-state index in [1.807, 2.05) is 36.9 Å². The quantitative estimate of drug-likeness (QED) is 0.796. The minimum atomic E-state index is -0.594. The number of aromatic nitrogens is 2. The van der Waals surface area contributed by atoms with E-state index in [0.717, 1.165) is 47.1 Å². The third-order valence-electron chi connectivity index (χ3n) is 5.55. The minimum absolute atomic E-state index is 0.144. The van der Waals surface area contributed by atoms with E-state index in [2.05, 4.69) is 5.32 Å². The maximum atomic E-state index is 13.1. The summed E-state index contributed by atoms with van der Waals surface area (Å²) < 4.78 is 2.21. The molecule has 0 spiro atoms. The molecule has 1 fully saturated rings. The molecule has 0 radical (unpaired) electrons. The number of aryl methyl sites for hydroxylation is 2. The Kier molecular flexibility index (Phi) is 6.10. The smallest absolute Gasteiger partial charge is 0.332 e. The van der Waals surface area contributed by atoms with E-state index in [0.29, 0.717) is 18.8 Å². The summed E-state index contributed by atoms with van der Waals surface area (Å²) in [6.45, 7) is 5.00. The molecule has 3 rings (SSSR count). The molecule has 1 aromatic carbocycles. The molecular formula is C21H29N5O3. The van der Waals surface area contributed by atoms with Gasteiger partial charge in [-0.25, -0.2) is 9.36 Å². The average Bonchev–Trinajstić information content (AvgIpc) is 2.72. The third-order valence-corrected chi connectivity index (χ3v) is 5.55. The monoisotopic (exact) mass is 399 g/mol. The molecule has 1 aromatic heterocycles. The van der Waals surface area contributed by atoms with Gasteiger partial charge < -0.3 is 16.0 Å². The van der Waals surface area contributed by atoms with Crippen LogP contribution in [-0.4, -0.2) is 28.1 Å². The Morgan fingerprint density at radius 2 is 1.86 bits per heavy atom. The van der Waals surface area contributed by atoms with Crippen molar-refractivity contribution in [2.24, 2.45) is 7.05 Å². The maximum absolute atomic E-state index is 13.1. The van der Waals surface area contributed by atoms with Crippen LogP contribution in [0.5, 0.6) is 0 Å². The van der Waals surface area contributed by atoms with Crippen LogP contribution in [0.1, 0.15) is 37.3 Å². The lowest BCUT2D eigenvalue weighted by Gasteiger charge is -2.29. The molecule has 2 heterocycles. The van der Waals surface area contributed by atoms with Gasteiger partial charge in [-0.15, -0.1) is 0 Å². The molecule has 1 saturated heterocycles. The van der Waals surface area contributed by atoms with Gasteiger partial charge in [0.1, 0.15) is 18.1 Å². The largest absolute Gasteiger partial charge is 0.383 e.